The molecule has 3 aromatic rings. The van der Waals surface area contributed by atoms with Crippen molar-refractivity contribution in [2.75, 3.05) is 0 Å². The minimum Gasteiger partial charge on any atom is -0.384 e. The molecule has 4 heteroatoms. The molecule has 30 heavy (non-hydrogen) atoms. The first kappa shape index (κ1) is 20.2. The van der Waals surface area contributed by atoms with Crippen LogP contribution in [-0.2, 0) is 27.5 Å². The lowest BCUT2D eigenvalue weighted by Gasteiger charge is -2.20. The van der Waals surface area contributed by atoms with Gasteiger partial charge in [0.1, 0.15) is 12.2 Å². The molecule has 0 aliphatic heterocycles. The van der Waals surface area contributed by atoms with Gasteiger partial charge in [-0.2, -0.15) is 0 Å². The number of aliphatic hydroxyl groups excluding tert-OH is 1. The fraction of sp³-hybridized carbons (Fsp3) is 0.192. The quantitative estimate of drug-likeness (QED) is 0.609. The minimum absolute atomic E-state index is 0.236. The van der Waals surface area contributed by atoms with Crippen molar-refractivity contribution in [2.45, 2.75) is 31.5 Å². The molecular weight excluding hydrogens is 376 g/mol. The summed E-state index contributed by atoms with van der Waals surface area (Å²) in [4.78, 5) is 13.1. The zero-order valence-corrected chi connectivity index (χ0v) is 16.6. The highest BCUT2D eigenvalue weighted by molar-refractivity contribution is 6.03. The number of hydrogen-bond donors (Lipinski definition) is 1. The Morgan fingerprint density at radius 3 is 1.80 bits per heavy atom. The number of benzene rings is 3. The van der Waals surface area contributed by atoms with Crippen molar-refractivity contribution in [3.63, 3.8) is 0 Å². The van der Waals surface area contributed by atoms with Crippen molar-refractivity contribution in [1.29, 1.82) is 0 Å². The SMILES string of the molecule is O=C1C(C(O)c2ccccc2)=C[C@H](OCc2ccccc2)[C@H]1OCc1ccccc1. The van der Waals surface area contributed by atoms with E-state index >= 15 is 0 Å². The van der Waals surface area contributed by atoms with Crippen molar-refractivity contribution in [1.82, 2.24) is 0 Å². The van der Waals surface area contributed by atoms with Crippen LogP contribution in [0.25, 0.3) is 0 Å². The normalized spacial score (nSPS) is 19.5. The number of Topliss-reactive ketones (excluding diaryl/α,β-unsaturated/α-hetero) is 1. The van der Waals surface area contributed by atoms with Crippen molar-refractivity contribution in [3.8, 4) is 0 Å². The van der Waals surface area contributed by atoms with Crippen LogP contribution in [0.5, 0.6) is 0 Å². The predicted molar refractivity (Wildman–Crippen MR) is 115 cm³/mol. The van der Waals surface area contributed by atoms with E-state index < -0.39 is 18.3 Å². The van der Waals surface area contributed by atoms with E-state index in [-0.39, 0.29) is 5.78 Å². The Hall–Kier alpha value is -3.05. The van der Waals surface area contributed by atoms with Crippen molar-refractivity contribution in [3.05, 3.63) is 119 Å². The lowest BCUT2D eigenvalue weighted by atomic mass is 10.00. The third-order valence-corrected chi connectivity index (χ3v) is 5.15. The van der Waals surface area contributed by atoms with E-state index in [0.717, 1.165) is 11.1 Å². The fourth-order valence-corrected chi connectivity index (χ4v) is 3.53. The molecule has 0 bridgehead atoms. The van der Waals surface area contributed by atoms with Crippen LogP contribution in [0.4, 0.5) is 0 Å². The Bertz CT molecular complexity index is 983. The molecular formula is C26H24O4. The van der Waals surface area contributed by atoms with Crippen molar-refractivity contribution >= 4 is 5.78 Å². The summed E-state index contributed by atoms with van der Waals surface area (Å²) in [5.41, 5.74) is 2.97. The molecule has 3 aromatic carbocycles. The number of ether oxygens (including phenoxy) is 2. The fourth-order valence-electron chi connectivity index (χ4n) is 3.53. The molecule has 3 atom stereocenters. The Morgan fingerprint density at radius 1 is 0.733 bits per heavy atom. The van der Waals surface area contributed by atoms with E-state index in [9.17, 15) is 9.90 Å². The first-order chi connectivity index (χ1) is 14.7. The van der Waals surface area contributed by atoms with Crippen LogP contribution >= 0.6 is 0 Å². The van der Waals surface area contributed by atoms with Gasteiger partial charge in [0, 0.05) is 5.57 Å². The lowest BCUT2D eigenvalue weighted by molar-refractivity contribution is -0.135. The highest BCUT2D eigenvalue weighted by Gasteiger charge is 2.40. The Balaban J connectivity index is 1.52. The smallest absolute Gasteiger partial charge is 0.193 e. The number of hydrogen-bond acceptors (Lipinski definition) is 4. The van der Waals surface area contributed by atoms with E-state index in [2.05, 4.69) is 0 Å². The molecule has 0 fully saturated rings. The highest BCUT2D eigenvalue weighted by atomic mass is 16.5. The highest BCUT2D eigenvalue weighted by Crippen LogP contribution is 2.32. The summed E-state index contributed by atoms with van der Waals surface area (Å²) in [7, 11) is 0. The van der Waals surface area contributed by atoms with Crippen LogP contribution in [-0.4, -0.2) is 23.1 Å². The maximum absolute atomic E-state index is 13.1. The van der Waals surface area contributed by atoms with Gasteiger partial charge in [-0.3, -0.25) is 4.79 Å². The molecule has 4 rings (SSSR count). The second kappa shape index (κ2) is 9.63. The van der Waals surface area contributed by atoms with Crippen LogP contribution in [0.15, 0.2) is 103 Å². The van der Waals surface area contributed by atoms with Crippen molar-refractivity contribution in [2.24, 2.45) is 0 Å². The van der Waals surface area contributed by atoms with Gasteiger partial charge in [0.2, 0.25) is 0 Å². The van der Waals surface area contributed by atoms with Crippen LogP contribution < -0.4 is 0 Å². The minimum atomic E-state index is -1.01. The third-order valence-electron chi connectivity index (χ3n) is 5.15. The first-order valence-electron chi connectivity index (χ1n) is 10.0. The topological polar surface area (TPSA) is 55.8 Å². The Kier molecular flexibility index (Phi) is 6.50. The van der Waals surface area contributed by atoms with Gasteiger partial charge in [-0.25, -0.2) is 0 Å². The molecule has 0 heterocycles. The van der Waals surface area contributed by atoms with Gasteiger partial charge in [0.15, 0.2) is 11.9 Å². The molecule has 1 aliphatic carbocycles. The van der Waals surface area contributed by atoms with Crippen molar-refractivity contribution < 1.29 is 19.4 Å². The van der Waals surface area contributed by atoms with E-state index in [4.69, 9.17) is 9.47 Å². The van der Waals surface area contributed by atoms with Gasteiger partial charge in [-0.05, 0) is 22.8 Å². The first-order valence-corrected chi connectivity index (χ1v) is 10.0. The summed E-state index contributed by atoms with van der Waals surface area (Å²) >= 11 is 0. The zero-order chi connectivity index (χ0) is 20.8. The van der Waals surface area contributed by atoms with Crippen LogP contribution in [0.2, 0.25) is 0 Å². The summed E-state index contributed by atoms with van der Waals surface area (Å²) in [6.45, 7) is 0.653. The molecule has 152 valence electrons. The van der Waals surface area contributed by atoms with E-state index in [0.29, 0.717) is 24.4 Å². The molecule has 0 spiro atoms. The van der Waals surface area contributed by atoms with Gasteiger partial charge in [0.25, 0.3) is 0 Å². The summed E-state index contributed by atoms with van der Waals surface area (Å²) in [5.74, 6) is -0.236. The lowest BCUT2D eigenvalue weighted by Crippen LogP contribution is -2.33. The summed E-state index contributed by atoms with van der Waals surface area (Å²) in [6.07, 6.45) is -0.651. The molecule has 1 aliphatic rings. The molecule has 1 N–H and O–H groups in total. The monoisotopic (exact) mass is 400 g/mol. The maximum Gasteiger partial charge on any atom is 0.193 e. The predicted octanol–water partition coefficient (Wildman–Crippen LogP) is 4.40. The van der Waals surface area contributed by atoms with Gasteiger partial charge < -0.3 is 14.6 Å². The Morgan fingerprint density at radius 2 is 1.23 bits per heavy atom. The van der Waals surface area contributed by atoms with Gasteiger partial charge in [-0.15, -0.1) is 0 Å². The summed E-state index contributed by atoms with van der Waals surface area (Å²) in [5, 5.41) is 10.8. The standard InChI is InChI=1S/C26H24O4/c27-24(21-14-8-3-9-15-21)22-16-23(29-17-19-10-4-1-5-11-19)26(25(22)28)30-18-20-12-6-2-7-13-20/h1-16,23-24,26-27H,17-18H2/t23-,24?,26+/m0/s1. The number of aliphatic hydroxyl groups is 1. The van der Waals surface area contributed by atoms with Gasteiger partial charge in [0.05, 0.1) is 13.2 Å². The number of carbonyl (C=O) groups excluding carboxylic acids is 1. The number of carbonyl (C=O) groups is 1. The third kappa shape index (κ3) is 4.74. The maximum atomic E-state index is 13.1. The molecule has 4 nitrogen and oxygen atoms in total. The van der Waals surface area contributed by atoms with Crippen LogP contribution in [0.1, 0.15) is 22.8 Å². The van der Waals surface area contributed by atoms with E-state index in [1.807, 2.05) is 78.9 Å². The average molecular weight is 400 g/mol. The van der Waals surface area contributed by atoms with E-state index in [1.54, 1.807) is 18.2 Å². The molecule has 0 aromatic heterocycles. The van der Waals surface area contributed by atoms with Crippen LogP contribution in [0.3, 0.4) is 0 Å². The average Bonchev–Trinajstić information content (AvgIpc) is 3.13. The largest absolute Gasteiger partial charge is 0.384 e. The number of ketones is 1. The van der Waals surface area contributed by atoms with Gasteiger partial charge in [-0.1, -0.05) is 91.0 Å². The molecule has 0 saturated carbocycles. The second-order valence-corrected chi connectivity index (χ2v) is 7.28. The van der Waals surface area contributed by atoms with Gasteiger partial charge >= 0.3 is 0 Å². The Labute approximate surface area is 176 Å². The zero-order valence-electron chi connectivity index (χ0n) is 16.6. The molecule has 0 amide bonds. The van der Waals surface area contributed by atoms with Crippen LogP contribution in [0, 0.1) is 0 Å². The molecule has 0 saturated heterocycles. The van der Waals surface area contributed by atoms with E-state index in [1.165, 1.54) is 0 Å². The summed E-state index contributed by atoms with van der Waals surface area (Å²) < 4.78 is 12.0. The molecule has 1 unspecified atom stereocenters. The molecule has 0 radical (unpaired) electrons. The number of rotatable bonds is 8. The second-order valence-electron chi connectivity index (χ2n) is 7.28. The summed E-state index contributed by atoms with van der Waals surface area (Å²) in [6, 6.07) is 28.6.